The molecule has 53 heavy (non-hydrogen) atoms. The fraction of sp³-hybridized carbons (Fsp3) is 0.447. The van der Waals surface area contributed by atoms with Crippen LogP contribution in [-0.2, 0) is 38.8 Å². The van der Waals surface area contributed by atoms with Crippen LogP contribution < -0.4 is 10.1 Å². The molecule has 3 unspecified atom stereocenters. The maximum Gasteiger partial charge on any atom is 0.326 e. The molecule has 3 N–H and O–H groups in total. The number of β-amino-alcohol motifs (C(OH)–C–C–N with tert-alkyl or cyclic N) is 1. The molecule has 282 valence electrons. The summed E-state index contributed by atoms with van der Waals surface area (Å²) in [5, 5.41) is 20.6. The van der Waals surface area contributed by atoms with Gasteiger partial charge in [0.05, 0.1) is 42.9 Å². The number of aliphatic carboxylic acids is 1. The zero-order valence-electron chi connectivity index (χ0n) is 29.5. The number of amides is 2. The topological polar surface area (TPSA) is 159 Å². The number of carbonyl (C=O) groups is 3. The fourth-order valence-corrected chi connectivity index (χ4v) is 7.07. The normalized spacial score (nSPS) is 20.4. The summed E-state index contributed by atoms with van der Waals surface area (Å²) in [5.74, 6) is -0.0297. The third kappa shape index (κ3) is 9.68. The number of halogens is 2. The molecule has 3 atom stereocenters. The van der Waals surface area contributed by atoms with Crippen molar-refractivity contribution in [1.82, 2.24) is 29.7 Å². The van der Waals surface area contributed by atoms with E-state index in [1.165, 1.54) is 17.1 Å². The lowest BCUT2D eigenvalue weighted by atomic mass is 9.93. The number of fused-ring (bicyclic) bond motifs is 1. The number of aryl methyl sites for hydroxylation is 1. The molecule has 0 saturated carbocycles. The number of ether oxygens (including phenoxy) is 2. The van der Waals surface area contributed by atoms with Crippen molar-refractivity contribution in [3.8, 4) is 5.88 Å². The molecular weight excluding hydrogens is 707 g/mol. The molecule has 3 saturated heterocycles. The summed E-state index contributed by atoms with van der Waals surface area (Å²) in [7, 11) is 0. The molecule has 3 aliphatic rings. The van der Waals surface area contributed by atoms with Crippen LogP contribution in [0.5, 0.6) is 5.88 Å². The van der Waals surface area contributed by atoms with Gasteiger partial charge in [-0.1, -0.05) is 29.8 Å². The van der Waals surface area contributed by atoms with Crippen LogP contribution >= 0.6 is 11.6 Å². The molecule has 7 rings (SSSR count). The standard InChI is InChI=1S/C30H32ClFN4O2.C8H12N2O5/c1-20-5-8-28-27(15-20)33-29(36(28)17-24-11-14-37-24)18-35-12-9-21(10-13-35)26-3-2-4-30(34-26)38-19-22-6-7-23(31)16-25(22)32;11-4-9-2-7(13)10-3-5(12)1-6(10)8(14)15/h2-8,15-16,21,24H,9-14,17-19H2,1H3;4-6,12H,1-3H2,(H,9,11)(H,14,15). The maximum atomic E-state index is 14.1. The lowest BCUT2D eigenvalue weighted by Gasteiger charge is -2.32. The first kappa shape index (κ1) is 38.1. The van der Waals surface area contributed by atoms with Gasteiger partial charge < -0.3 is 34.5 Å². The summed E-state index contributed by atoms with van der Waals surface area (Å²) in [6.07, 6.45) is 3.02. The molecule has 2 aromatic carbocycles. The van der Waals surface area contributed by atoms with E-state index >= 15 is 0 Å². The Morgan fingerprint density at radius 2 is 1.91 bits per heavy atom. The summed E-state index contributed by atoms with van der Waals surface area (Å²) in [5.41, 5.74) is 4.97. The van der Waals surface area contributed by atoms with Crippen molar-refractivity contribution >= 4 is 40.9 Å². The Hall–Kier alpha value is -4.63. The Bertz CT molecular complexity index is 1920. The number of aliphatic hydroxyl groups is 1. The largest absolute Gasteiger partial charge is 0.480 e. The van der Waals surface area contributed by atoms with Gasteiger partial charge in [-0.25, -0.2) is 19.2 Å². The van der Waals surface area contributed by atoms with E-state index in [2.05, 4.69) is 46.0 Å². The van der Waals surface area contributed by atoms with E-state index in [9.17, 15) is 23.9 Å². The Balaban J connectivity index is 0.000000270. The average Bonchev–Trinajstić information content (AvgIpc) is 3.68. The van der Waals surface area contributed by atoms with Crippen LogP contribution in [0.3, 0.4) is 0 Å². The van der Waals surface area contributed by atoms with Crippen LogP contribution in [0.4, 0.5) is 4.39 Å². The minimum absolute atomic E-state index is 0.00363. The number of imidazole rings is 1. The number of nitrogens with one attached hydrogen (secondary N) is 1. The van der Waals surface area contributed by atoms with E-state index in [-0.39, 0.29) is 38.0 Å². The quantitative estimate of drug-likeness (QED) is 0.180. The summed E-state index contributed by atoms with van der Waals surface area (Å²) in [4.78, 5) is 45.4. The number of hydrogen-bond donors (Lipinski definition) is 3. The second-order valence-electron chi connectivity index (χ2n) is 13.7. The first-order valence-electron chi connectivity index (χ1n) is 17.8. The van der Waals surface area contributed by atoms with Gasteiger partial charge >= 0.3 is 5.97 Å². The van der Waals surface area contributed by atoms with Crippen molar-refractivity contribution in [2.45, 2.75) is 76.5 Å². The highest BCUT2D eigenvalue weighted by atomic mass is 35.5. The number of aromatic nitrogens is 3. The molecule has 0 bridgehead atoms. The molecule has 0 aliphatic carbocycles. The van der Waals surface area contributed by atoms with Gasteiger partial charge in [-0.05, 0) is 75.2 Å². The zero-order chi connectivity index (χ0) is 37.5. The number of carboxylic acids is 1. The van der Waals surface area contributed by atoms with E-state index in [4.69, 9.17) is 36.1 Å². The molecule has 0 spiro atoms. The number of rotatable bonds is 12. The zero-order valence-corrected chi connectivity index (χ0v) is 30.3. The third-order valence-electron chi connectivity index (χ3n) is 9.89. The van der Waals surface area contributed by atoms with Gasteiger partial charge in [0.15, 0.2) is 0 Å². The Morgan fingerprint density at radius 3 is 2.60 bits per heavy atom. The number of carbonyl (C=O) groups excluding carboxylic acids is 2. The molecule has 3 fully saturated rings. The van der Waals surface area contributed by atoms with Crippen LogP contribution in [0.25, 0.3) is 11.0 Å². The van der Waals surface area contributed by atoms with Gasteiger partial charge in [0.2, 0.25) is 18.2 Å². The van der Waals surface area contributed by atoms with Crippen molar-refractivity contribution in [1.29, 1.82) is 0 Å². The summed E-state index contributed by atoms with van der Waals surface area (Å²) in [6.45, 7) is 6.49. The number of benzene rings is 2. The van der Waals surface area contributed by atoms with E-state index in [1.54, 1.807) is 12.1 Å². The van der Waals surface area contributed by atoms with Crippen LogP contribution in [0.2, 0.25) is 5.02 Å². The van der Waals surface area contributed by atoms with Gasteiger partial charge in [-0.15, -0.1) is 0 Å². The van der Waals surface area contributed by atoms with Crippen molar-refractivity contribution in [2.24, 2.45) is 0 Å². The number of piperidine rings is 1. The van der Waals surface area contributed by atoms with E-state index in [0.29, 0.717) is 28.8 Å². The monoisotopic (exact) mass is 750 g/mol. The van der Waals surface area contributed by atoms with Crippen LogP contribution in [0, 0.1) is 12.7 Å². The molecular formula is C38H44ClFN6O7. The summed E-state index contributed by atoms with van der Waals surface area (Å²) >= 11 is 5.85. The second kappa shape index (κ2) is 17.5. The highest BCUT2D eigenvalue weighted by Crippen LogP contribution is 2.30. The van der Waals surface area contributed by atoms with Crippen molar-refractivity contribution in [3.63, 3.8) is 0 Å². The molecule has 4 aromatic rings. The summed E-state index contributed by atoms with van der Waals surface area (Å²) in [6, 6.07) is 16.0. The predicted molar refractivity (Wildman–Crippen MR) is 194 cm³/mol. The van der Waals surface area contributed by atoms with Gasteiger partial charge in [0, 0.05) is 47.8 Å². The SMILES string of the molecule is Cc1ccc2c(c1)nc(CN1CCC(c3cccc(OCc4ccc(Cl)cc4F)n3)CC1)n2CC1CCO1.O=CNCC(=O)N1CC(O)CC1C(=O)O. The van der Waals surface area contributed by atoms with Crippen molar-refractivity contribution < 1.29 is 38.5 Å². The molecule has 3 aliphatic heterocycles. The molecule has 15 heteroatoms. The van der Waals surface area contributed by atoms with Crippen molar-refractivity contribution in [3.05, 3.63) is 88.1 Å². The Labute approximate surface area is 311 Å². The van der Waals surface area contributed by atoms with Crippen LogP contribution in [-0.4, -0.2) is 104 Å². The van der Waals surface area contributed by atoms with E-state index < -0.39 is 24.0 Å². The maximum absolute atomic E-state index is 14.1. The lowest BCUT2D eigenvalue weighted by molar-refractivity contribution is -0.147. The number of likely N-dealkylation sites (tertiary alicyclic amines) is 2. The Morgan fingerprint density at radius 1 is 1.11 bits per heavy atom. The highest BCUT2D eigenvalue weighted by molar-refractivity contribution is 6.30. The number of aliphatic hydroxyl groups excluding tert-OH is 1. The molecule has 5 heterocycles. The minimum Gasteiger partial charge on any atom is -0.480 e. The highest BCUT2D eigenvalue weighted by Gasteiger charge is 2.38. The number of nitrogens with zero attached hydrogens (tertiary/aromatic N) is 5. The molecule has 13 nitrogen and oxygen atoms in total. The lowest BCUT2D eigenvalue weighted by Crippen LogP contribution is -2.44. The van der Waals surface area contributed by atoms with Crippen LogP contribution in [0.15, 0.2) is 54.6 Å². The van der Waals surface area contributed by atoms with Gasteiger partial charge in [0.1, 0.15) is 24.3 Å². The fourth-order valence-electron chi connectivity index (χ4n) is 6.92. The first-order valence-corrected chi connectivity index (χ1v) is 18.2. The van der Waals surface area contributed by atoms with Gasteiger partial charge in [-0.3, -0.25) is 14.5 Å². The first-order chi connectivity index (χ1) is 25.6. The third-order valence-corrected chi connectivity index (χ3v) is 10.1. The van der Waals surface area contributed by atoms with Crippen LogP contribution in [0.1, 0.15) is 54.2 Å². The minimum atomic E-state index is -1.15. The summed E-state index contributed by atoms with van der Waals surface area (Å²) < 4.78 is 28.0. The van der Waals surface area contributed by atoms with E-state index in [0.717, 1.165) is 74.0 Å². The molecule has 2 aromatic heterocycles. The number of carboxylic acid groups (broad SMARTS) is 1. The smallest absolute Gasteiger partial charge is 0.326 e. The van der Waals surface area contributed by atoms with E-state index in [1.807, 2.05) is 12.1 Å². The number of pyridine rings is 1. The molecule has 0 radical (unpaired) electrons. The molecule has 2 amide bonds. The van der Waals surface area contributed by atoms with Gasteiger partial charge in [-0.2, -0.15) is 0 Å². The average molecular weight is 751 g/mol. The number of hydrogen-bond acceptors (Lipinski definition) is 9. The van der Waals surface area contributed by atoms with Crippen molar-refractivity contribution in [2.75, 3.05) is 32.8 Å². The second-order valence-corrected chi connectivity index (χ2v) is 14.1. The van der Waals surface area contributed by atoms with Gasteiger partial charge in [0.25, 0.3) is 0 Å². The predicted octanol–water partition coefficient (Wildman–Crippen LogP) is 4.06. The Kier molecular flexibility index (Phi) is 12.6.